The Bertz CT molecular complexity index is 684. The molecule has 0 unspecified atom stereocenters. The van der Waals surface area contributed by atoms with Crippen molar-refractivity contribution in [3.05, 3.63) is 53.6 Å². The molecular weight excluding hydrogens is 330 g/mol. The standard InChI is InChI=1S/C17H18ClN3OS/c18-13-5-7-14(8-6-13)19-17(23)21-11-9-20(10-12-21)15-3-1-2-4-16(15)22/h1-8,22H,9-12H2,(H,19,23). The lowest BCUT2D eigenvalue weighted by atomic mass is 10.2. The summed E-state index contributed by atoms with van der Waals surface area (Å²) in [6.45, 7) is 3.27. The molecule has 0 aromatic heterocycles. The lowest BCUT2D eigenvalue weighted by Crippen LogP contribution is -2.50. The molecule has 2 N–H and O–H groups in total. The summed E-state index contributed by atoms with van der Waals surface area (Å²) in [5.74, 6) is 0.322. The van der Waals surface area contributed by atoms with Crippen LogP contribution in [0.3, 0.4) is 0 Å². The number of anilines is 2. The zero-order valence-electron chi connectivity index (χ0n) is 12.6. The SMILES string of the molecule is Oc1ccccc1N1CCN(C(=S)Nc2ccc(Cl)cc2)CC1. The van der Waals surface area contributed by atoms with E-state index in [0.29, 0.717) is 15.9 Å². The highest BCUT2D eigenvalue weighted by atomic mass is 35.5. The second-order valence-corrected chi connectivity index (χ2v) is 6.22. The maximum Gasteiger partial charge on any atom is 0.173 e. The van der Waals surface area contributed by atoms with Crippen molar-refractivity contribution >= 4 is 40.3 Å². The number of rotatable bonds is 2. The molecule has 120 valence electrons. The van der Waals surface area contributed by atoms with E-state index in [2.05, 4.69) is 15.1 Å². The lowest BCUT2D eigenvalue weighted by molar-refractivity contribution is 0.387. The van der Waals surface area contributed by atoms with Gasteiger partial charge >= 0.3 is 0 Å². The summed E-state index contributed by atoms with van der Waals surface area (Å²) in [7, 11) is 0. The van der Waals surface area contributed by atoms with E-state index >= 15 is 0 Å². The molecule has 2 aromatic rings. The average Bonchev–Trinajstić information content (AvgIpc) is 2.57. The van der Waals surface area contributed by atoms with Crippen molar-refractivity contribution in [3.63, 3.8) is 0 Å². The van der Waals surface area contributed by atoms with Gasteiger partial charge in [-0.1, -0.05) is 23.7 Å². The summed E-state index contributed by atoms with van der Waals surface area (Å²) in [4.78, 5) is 4.32. The molecule has 6 heteroatoms. The number of phenolic OH excluding ortho intramolecular Hbond substituents is 1. The maximum atomic E-state index is 9.95. The fourth-order valence-corrected chi connectivity index (χ4v) is 3.04. The number of nitrogens with one attached hydrogen (secondary N) is 1. The van der Waals surface area contributed by atoms with Gasteiger partial charge in [-0.25, -0.2) is 0 Å². The largest absolute Gasteiger partial charge is 0.506 e. The number of nitrogens with zero attached hydrogens (tertiary/aromatic N) is 2. The van der Waals surface area contributed by atoms with Gasteiger partial charge in [0, 0.05) is 36.9 Å². The Morgan fingerprint density at radius 2 is 1.65 bits per heavy atom. The summed E-state index contributed by atoms with van der Waals surface area (Å²) in [6, 6.07) is 14.9. The zero-order valence-corrected chi connectivity index (χ0v) is 14.1. The molecule has 1 aliphatic heterocycles. The molecule has 3 rings (SSSR count). The maximum absolute atomic E-state index is 9.95. The monoisotopic (exact) mass is 347 g/mol. The van der Waals surface area contributed by atoms with Crippen molar-refractivity contribution in [2.75, 3.05) is 36.4 Å². The van der Waals surface area contributed by atoms with E-state index < -0.39 is 0 Å². The lowest BCUT2D eigenvalue weighted by Gasteiger charge is -2.37. The van der Waals surface area contributed by atoms with Crippen LogP contribution in [0.4, 0.5) is 11.4 Å². The third-order valence-electron chi connectivity index (χ3n) is 3.88. The molecule has 0 saturated carbocycles. The van der Waals surface area contributed by atoms with Gasteiger partial charge in [0.1, 0.15) is 5.75 Å². The Labute approximate surface area is 146 Å². The topological polar surface area (TPSA) is 38.7 Å². The van der Waals surface area contributed by atoms with Crippen molar-refractivity contribution < 1.29 is 5.11 Å². The number of aromatic hydroxyl groups is 1. The summed E-state index contributed by atoms with van der Waals surface area (Å²) < 4.78 is 0. The number of hydrogen-bond acceptors (Lipinski definition) is 3. The van der Waals surface area contributed by atoms with Crippen molar-refractivity contribution in [3.8, 4) is 5.75 Å². The first-order valence-electron chi connectivity index (χ1n) is 7.48. The molecule has 23 heavy (non-hydrogen) atoms. The second kappa shape index (κ2) is 7.06. The Morgan fingerprint density at radius 3 is 2.30 bits per heavy atom. The van der Waals surface area contributed by atoms with E-state index in [1.165, 1.54) is 0 Å². The van der Waals surface area contributed by atoms with Crippen LogP contribution in [0.2, 0.25) is 5.02 Å². The van der Waals surface area contributed by atoms with Crippen LogP contribution in [-0.2, 0) is 0 Å². The summed E-state index contributed by atoms with van der Waals surface area (Å²) in [5.41, 5.74) is 1.81. The molecule has 0 bridgehead atoms. The Hall–Kier alpha value is -1.98. The Balaban J connectivity index is 1.57. The summed E-state index contributed by atoms with van der Waals surface area (Å²) >= 11 is 11.4. The van der Waals surface area contributed by atoms with Crippen molar-refractivity contribution in [2.24, 2.45) is 0 Å². The average molecular weight is 348 g/mol. The van der Waals surface area contributed by atoms with Gasteiger partial charge in [-0.2, -0.15) is 0 Å². The number of thiocarbonyl (C=S) groups is 1. The molecule has 4 nitrogen and oxygen atoms in total. The highest BCUT2D eigenvalue weighted by molar-refractivity contribution is 7.80. The molecule has 0 amide bonds. The molecule has 0 spiro atoms. The van der Waals surface area contributed by atoms with Crippen LogP contribution < -0.4 is 10.2 Å². The molecule has 1 heterocycles. The number of hydrogen-bond donors (Lipinski definition) is 2. The Morgan fingerprint density at radius 1 is 1.00 bits per heavy atom. The van der Waals surface area contributed by atoms with Crippen molar-refractivity contribution in [1.82, 2.24) is 4.90 Å². The molecule has 0 radical (unpaired) electrons. The number of benzene rings is 2. The molecule has 1 fully saturated rings. The normalized spacial score (nSPS) is 14.7. The summed E-state index contributed by atoms with van der Waals surface area (Å²) in [6.07, 6.45) is 0. The molecule has 1 saturated heterocycles. The molecule has 2 aromatic carbocycles. The van der Waals surface area contributed by atoms with Crippen LogP contribution in [0.1, 0.15) is 0 Å². The van der Waals surface area contributed by atoms with E-state index in [1.54, 1.807) is 6.07 Å². The smallest absolute Gasteiger partial charge is 0.173 e. The Kier molecular flexibility index (Phi) is 4.88. The van der Waals surface area contributed by atoms with Crippen LogP contribution >= 0.6 is 23.8 Å². The van der Waals surface area contributed by atoms with Gasteiger partial charge in [0.15, 0.2) is 5.11 Å². The zero-order chi connectivity index (χ0) is 16.2. The van der Waals surface area contributed by atoms with Crippen molar-refractivity contribution in [2.45, 2.75) is 0 Å². The fourth-order valence-electron chi connectivity index (χ4n) is 2.62. The van der Waals surface area contributed by atoms with Gasteiger partial charge in [0.2, 0.25) is 0 Å². The van der Waals surface area contributed by atoms with E-state index in [1.807, 2.05) is 42.5 Å². The predicted octanol–water partition coefficient (Wildman–Crippen LogP) is 3.56. The highest BCUT2D eigenvalue weighted by Gasteiger charge is 2.20. The second-order valence-electron chi connectivity index (χ2n) is 5.40. The minimum Gasteiger partial charge on any atom is -0.506 e. The van der Waals surface area contributed by atoms with Crippen molar-refractivity contribution in [1.29, 1.82) is 0 Å². The van der Waals surface area contributed by atoms with Crippen LogP contribution in [0.25, 0.3) is 0 Å². The number of halogens is 1. The minimum atomic E-state index is 0.322. The molecule has 1 aliphatic rings. The van der Waals surface area contributed by atoms with Crippen LogP contribution in [0.5, 0.6) is 5.75 Å². The number of phenols is 1. The quantitative estimate of drug-likeness (QED) is 0.813. The van der Waals surface area contributed by atoms with Crippen LogP contribution in [-0.4, -0.2) is 41.3 Å². The van der Waals surface area contributed by atoms with E-state index in [9.17, 15) is 5.11 Å². The first-order chi connectivity index (χ1) is 11.1. The highest BCUT2D eigenvalue weighted by Crippen LogP contribution is 2.27. The minimum absolute atomic E-state index is 0.322. The molecule has 0 aliphatic carbocycles. The van der Waals surface area contributed by atoms with Crippen LogP contribution in [0.15, 0.2) is 48.5 Å². The van der Waals surface area contributed by atoms with Gasteiger partial charge in [0.25, 0.3) is 0 Å². The predicted molar refractivity (Wildman–Crippen MR) is 99.6 cm³/mol. The van der Waals surface area contributed by atoms with Gasteiger partial charge in [-0.3, -0.25) is 0 Å². The first kappa shape index (κ1) is 15.9. The third kappa shape index (κ3) is 3.86. The molecule has 0 atom stereocenters. The van der Waals surface area contributed by atoms with Gasteiger partial charge in [-0.05, 0) is 48.6 Å². The number of para-hydroxylation sites is 2. The molecular formula is C17H18ClN3OS. The summed E-state index contributed by atoms with van der Waals surface area (Å²) in [5, 5.41) is 14.6. The fraction of sp³-hybridized carbons (Fsp3) is 0.235. The van der Waals surface area contributed by atoms with Gasteiger partial charge < -0.3 is 20.2 Å². The van der Waals surface area contributed by atoms with Gasteiger partial charge in [0.05, 0.1) is 5.69 Å². The number of piperazine rings is 1. The van der Waals surface area contributed by atoms with E-state index in [4.69, 9.17) is 23.8 Å². The van der Waals surface area contributed by atoms with Gasteiger partial charge in [-0.15, -0.1) is 0 Å². The van der Waals surface area contributed by atoms with Crippen LogP contribution in [0, 0.1) is 0 Å². The first-order valence-corrected chi connectivity index (χ1v) is 8.26. The third-order valence-corrected chi connectivity index (χ3v) is 4.50. The van der Waals surface area contributed by atoms with E-state index in [-0.39, 0.29) is 0 Å². The van der Waals surface area contributed by atoms with E-state index in [0.717, 1.165) is 37.6 Å².